The van der Waals surface area contributed by atoms with Gasteiger partial charge in [0.1, 0.15) is 5.15 Å². The lowest BCUT2D eigenvalue weighted by molar-refractivity contribution is 0.0690. The van der Waals surface area contributed by atoms with Crippen LogP contribution in [0.3, 0.4) is 0 Å². The van der Waals surface area contributed by atoms with Crippen molar-refractivity contribution in [3.8, 4) is 11.4 Å². The second-order valence-corrected chi connectivity index (χ2v) is 3.33. The van der Waals surface area contributed by atoms with Gasteiger partial charge < -0.3 is 5.11 Å². The summed E-state index contributed by atoms with van der Waals surface area (Å²) in [5.74, 6) is -0.896. The van der Waals surface area contributed by atoms with Crippen LogP contribution < -0.4 is 0 Å². The Labute approximate surface area is 95.8 Å². The van der Waals surface area contributed by atoms with E-state index in [4.69, 9.17) is 16.7 Å². The van der Waals surface area contributed by atoms with Crippen LogP contribution in [0.25, 0.3) is 11.4 Å². The van der Waals surface area contributed by atoms with Crippen molar-refractivity contribution in [2.24, 2.45) is 0 Å². The van der Waals surface area contributed by atoms with Gasteiger partial charge >= 0.3 is 5.97 Å². The second kappa shape index (κ2) is 4.24. The third-order valence-corrected chi connectivity index (χ3v) is 2.03. The van der Waals surface area contributed by atoms with Crippen molar-refractivity contribution >= 4 is 17.6 Å². The molecule has 0 atom stereocenters. The van der Waals surface area contributed by atoms with E-state index in [1.165, 1.54) is 12.3 Å². The summed E-state index contributed by atoms with van der Waals surface area (Å²) in [6, 6.07) is 4.63. The van der Waals surface area contributed by atoms with Crippen molar-refractivity contribution in [3.63, 3.8) is 0 Å². The van der Waals surface area contributed by atoms with Crippen molar-refractivity contribution in [2.45, 2.75) is 0 Å². The summed E-state index contributed by atoms with van der Waals surface area (Å²) in [6.07, 6.45) is 3.14. The molecule has 0 fully saturated rings. The van der Waals surface area contributed by atoms with Crippen LogP contribution in [-0.4, -0.2) is 26.0 Å². The van der Waals surface area contributed by atoms with Gasteiger partial charge in [-0.3, -0.25) is 4.98 Å². The lowest BCUT2D eigenvalue weighted by Crippen LogP contribution is -2.03. The van der Waals surface area contributed by atoms with Gasteiger partial charge in [0.15, 0.2) is 11.5 Å². The van der Waals surface area contributed by atoms with Crippen molar-refractivity contribution in [3.05, 3.63) is 41.4 Å². The average Bonchev–Trinajstić information content (AvgIpc) is 2.29. The number of pyridine rings is 1. The van der Waals surface area contributed by atoms with Gasteiger partial charge in [-0.25, -0.2) is 14.8 Å². The molecular weight excluding hydrogens is 230 g/mol. The Morgan fingerprint density at radius 1 is 1.38 bits per heavy atom. The van der Waals surface area contributed by atoms with E-state index in [1.54, 1.807) is 18.3 Å². The van der Waals surface area contributed by atoms with E-state index in [0.717, 1.165) is 0 Å². The summed E-state index contributed by atoms with van der Waals surface area (Å²) in [5, 5.41) is 8.91. The van der Waals surface area contributed by atoms with Crippen molar-refractivity contribution < 1.29 is 9.90 Å². The monoisotopic (exact) mass is 235 g/mol. The van der Waals surface area contributed by atoms with Gasteiger partial charge in [0.25, 0.3) is 0 Å². The molecule has 2 aromatic rings. The van der Waals surface area contributed by atoms with Crippen LogP contribution in [-0.2, 0) is 0 Å². The Balaban J connectivity index is 2.54. The fourth-order valence-electron chi connectivity index (χ4n) is 1.15. The summed E-state index contributed by atoms with van der Waals surface area (Å²) >= 11 is 5.71. The first kappa shape index (κ1) is 10.5. The largest absolute Gasteiger partial charge is 0.477 e. The maximum Gasteiger partial charge on any atom is 0.354 e. The lowest BCUT2D eigenvalue weighted by atomic mass is 10.2. The Morgan fingerprint density at radius 2 is 2.19 bits per heavy atom. The lowest BCUT2D eigenvalue weighted by Gasteiger charge is -2.01. The molecule has 0 saturated heterocycles. The van der Waals surface area contributed by atoms with Crippen LogP contribution >= 0.6 is 11.6 Å². The summed E-state index contributed by atoms with van der Waals surface area (Å²) in [7, 11) is 0. The molecule has 0 aliphatic rings. The molecule has 6 heteroatoms. The zero-order valence-corrected chi connectivity index (χ0v) is 8.72. The molecule has 0 aromatic carbocycles. The molecule has 2 heterocycles. The topological polar surface area (TPSA) is 76.0 Å². The molecule has 0 unspecified atom stereocenters. The molecule has 5 nitrogen and oxygen atoms in total. The van der Waals surface area contributed by atoms with Gasteiger partial charge in [0, 0.05) is 24.0 Å². The predicted octanol–water partition coefficient (Wildman–Crippen LogP) is 1.89. The molecule has 1 N–H and O–H groups in total. The van der Waals surface area contributed by atoms with Crippen molar-refractivity contribution in [1.82, 2.24) is 15.0 Å². The zero-order chi connectivity index (χ0) is 11.5. The van der Waals surface area contributed by atoms with Crippen LogP contribution in [0, 0.1) is 0 Å². The number of aromatic carboxylic acids is 1. The third-order valence-electron chi connectivity index (χ3n) is 1.83. The minimum atomic E-state index is -1.14. The Bertz CT molecular complexity index is 531. The first-order chi connectivity index (χ1) is 7.66. The van der Waals surface area contributed by atoms with E-state index < -0.39 is 5.97 Å². The number of hydrogen-bond acceptors (Lipinski definition) is 4. The van der Waals surface area contributed by atoms with E-state index >= 15 is 0 Å². The minimum absolute atomic E-state index is 0.0891. The molecule has 2 rings (SSSR count). The van der Waals surface area contributed by atoms with Crippen LogP contribution in [0.1, 0.15) is 10.5 Å². The highest BCUT2D eigenvalue weighted by Crippen LogP contribution is 2.16. The van der Waals surface area contributed by atoms with Crippen molar-refractivity contribution in [1.29, 1.82) is 0 Å². The highest BCUT2D eigenvalue weighted by atomic mass is 35.5. The number of nitrogens with zero attached hydrogens (tertiary/aromatic N) is 3. The summed E-state index contributed by atoms with van der Waals surface area (Å²) in [5.41, 5.74) is 0.478. The zero-order valence-electron chi connectivity index (χ0n) is 7.96. The van der Waals surface area contributed by atoms with Crippen LogP contribution in [0.2, 0.25) is 5.15 Å². The van der Waals surface area contributed by atoms with E-state index in [-0.39, 0.29) is 16.7 Å². The van der Waals surface area contributed by atoms with E-state index in [0.29, 0.717) is 5.56 Å². The molecule has 0 radical (unpaired) electrons. The number of carbonyl (C=O) groups is 1. The molecule has 80 valence electrons. The Kier molecular flexibility index (Phi) is 2.78. The number of carboxylic acid groups (broad SMARTS) is 1. The second-order valence-electron chi connectivity index (χ2n) is 2.95. The highest BCUT2D eigenvalue weighted by Gasteiger charge is 2.10. The number of rotatable bonds is 2. The fourth-order valence-corrected chi connectivity index (χ4v) is 1.33. The molecule has 0 aliphatic heterocycles. The first-order valence-electron chi connectivity index (χ1n) is 4.35. The SMILES string of the molecule is O=C(O)c1cc(Cl)nc(-c2cccnc2)n1. The van der Waals surface area contributed by atoms with Gasteiger partial charge in [0.05, 0.1) is 0 Å². The summed E-state index contributed by atoms with van der Waals surface area (Å²) in [4.78, 5) is 22.5. The summed E-state index contributed by atoms with van der Waals surface area (Å²) in [6.45, 7) is 0. The fraction of sp³-hybridized carbons (Fsp3) is 0. The molecule has 16 heavy (non-hydrogen) atoms. The number of aromatic nitrogens is 3. The van der Waals surface area contributed by atoms with Crippen LogP contribution in [0.15, 0.2) is 30.6 Å². The van der Waals surface area contributed by atoms with Gasteiger partial charge in [-0.15, -0.1) is 0 Å². The molecular formula is C10H6ClN3O2. The standard InChI is InChI=1S/C10H6ClN3O2/c11-8-4-7(10(15)16)13-9(14-8)6-2-1-3-12-5-6/h1-5H,(H,15,16). The van der Waals surface area contributed by atoms with Crippen LogP contribution in [0.5, 0.6) is 0 Å². The maximum atomic E-state index is 10.8. The minimum Gasteiger partial charge on any atom is -0.477 e. The average molecular weight is 236 g/mol. The van der Waals surface area contributed by atoms with E-state index in [9.17, 15) is 4.79 Å². The van der Waals surface area contributed by atoms with Gasteiger partial charge in [-0.2, -0.15) is 0 Å². The molecule has 0 aliphatic carbocycles. The first-order valence-corrected chi connectivity index (χ1v) is 4.73. The molecule has 0 amide bonds. The van der Waals surface area contributed by atoms with Gasteiger partial charge in [-0.05, 0) is 12.1 Å². The highest BCUT2D eigenvalue weighted by molar-refractivity contribution is 6.29. The quantitative estimate of drug-likeness (QED) is 0.805. The Morgan fingerprint density at radius 3 is 2.81 bits per heavy atom. The molecule has 2 aromatic heterocycles. The molecule has 0 bridgehead atoms. The molecule has 0 saturated carbocycles. The van der Waals surface area contributed by atoms with Gasteiger partial charge in [-0.1, -0.05) is 11.6 Å². The number of halogens is 1. The van der Waals surface area contributed by atoms with Crippen molar-refractivity contribution in [2.75, 3.05) is 0 Å². The normalized spacial score (nSPS) is 10.1. The van der Waals surface area contributed by atoms with Crippen LogP contribution in [0.4, 0.5) is 0 Å². The predicted molar refractivity (Wildman–Crippen MR) is 57.2 cm³/mol. The number of hydrogen-bond donors (Lipinski definition) is 1. The smallest absolute Gasteiger partial charge is 0.354 e. The summed E-state index contributed by atoms with van der Waals surface area (Å²) < 4.78 is 0. The number of carboxylic acids is 1. The van der Waals surface area contributed by atoms with E-state index in [1.807, 2.05) is 0 Å². The Hall–Kier alpha value is -2.01. The van der Waals surface area contributed by atoms with E-state index in [2.05, 4.69) is 15.0 Å². The maximum absolute atomic E-state index is 10.8. The molecule has 0 spiro atoms. The van der Waals surface area contributed by atoms with Gasteiger partial charge in [0.2, 0.25) is 0 Å². The third kappa shape index (κ3) is 2.14.